The predicted octanol–water partition coefficient (Wildman–Crippen LogP) is 1.54. The fourth-order valence-electron chi connectivity index (χ4n) is 1.47. The molecule has 94 valence electrons. The fourth-order valence-corrected chi connectivity index (χ4v) is 1.47. The summed E-state index contributed by atoms with van der Waals surface area (Å²) in [6, 6.07) is 0.340. The van der Waals surface area contributed by atoms with Crippen LogP contribution in [0.4, 0.5) is 5.95 Å². The maximum atomic E-state index is 10.5. The number of hydrogen-bond acceptors (Lipinski definition) is 5. The first-order valence-corrected chi connectivity index (χ1v) is 5.75. The van der Waals surface area contributed by atoms with Gasteiger partial charge in [0.05, 0.1) is 12.2 Å². The van der Waals surface area contributed by atoms with Gasteiger partial charge in [-0.2, -0.15) is 0 Å². The van der Waals surface area contributed by atoms with Gasteiger partial charge in [0.25, 0.3) is 0 Å². The van der Waals surface area contributed by atoms with Crippen molar-refractivity contribution < 1.29 is 9.53 Å². The number of hydrogen-bond donors (Lipinski definition) is 0. The lowest BCUT2D eigenvalue weighted by Crippen LogP contribution is -2.36. The largest absolute Gasteiger partial charge is 0.383 e. The summed E-state index contributed by atoms with van der Waals surface area (Å²) >= 11 is 0. The molecular formula is C12H19N3O2. The molecule has 0 radical (unpaired) electrons. The molecule has 5 heteroatoms. The Morgan fingerprint density at radius 3 is 2.59 bits per heavy atom. The third-order valence-electron chi connectivity index (χ3n) is 2.71. The number of aromatic nitrogens is 2. The summed E-state index contributed by atoms with van der Waals surface area (Å²) < 4.78 is 5.08. The summed E-state index contributed by atoms with van der Waals surface area (Å²) in [4.78, 5) is 21.0. The highest BCUT2D eigenvalue weighted by molar-refractivity contribution is 5.73. The highest BCUT2D eigenvalue weighted by Crippen LogP contribution is 2.12. The Morgan fingerprint density at radius 1 is 1.47 bits per heavy atom. The number of carbonyl (C=O) groups is 1. The average molecular weight is 237 g/mol. The first-order valence-electron chi connectivity index (χ1n) is 5.75. The number of methoxy groups -OCH3 is 1. The zero-order valence-electron chi connectivity index (χ0n) is 10.6. The minimum absolute atomic E-state index is 0.340. The predicted molar refractivity (Wildman–Crippen MR) is 66.4 cm³/mol. The zero-order valence-corrected chi connectivity index (χ0v) is 10.6. The second kappa shape index (κ2) is 6.96. The Bertz CT molecular complexity index is 340. The molecule has 0 amide bonds. The van der Waals surface area contributed by atoms with Crippen molar-refractivity contribution in [2.75, 3.05) is 25.2 Å². The Labute approximate surface area is 102 Å². The number of aldehydes is 1. The summed E-state index contributed by atoms with van der Waals surface area (Å²) in [5, 5.41) is 0. The zero-order chi connectivity index (χ0) is 12.7. The molecule has 0 N–H and O–H groups in total. The van der Waals surface area contributed by atoms with E-state index in [0.29, 0.717) is 24.2 Å². The van der Waals surface area contributed by atoms with Crippen LogP contribution in [0.25, 0.3) is 0 Å². The van der Waals surface area contributed by atoms with Crippen molar-refractivity contribution in [3.8, 4) is 0 Å². The van der Waals surface area contributed by atoms with E-state index in [2.05, 4.69) is 28.7 Å². The summed E-state index contributed by atoms with van der Waals surface area (Å²) in [5.41, 5.74) is 0.490. The molecule has 0 fully saturated rings. The standard InChI is InChI=1S/C12H19N3O2/c1-4-10(2)15(5-6-17-3)12-13-7-11(9-16)8-14-12/h7-10H,4-6H2,1-3H3. The number of nitrogens with zero attached hydrogens (tertiary/aromatic N) is 3. The van der Waals surface area contributed by atoms with Crippen molar-refractivity contribution in [3.63, 3.8) is 0 Å². The van der Waals surface area contributed by atoms with Gasteiger partial charge >= 0.3 is 0 Å². The van der Waals surface area contributed by atoms with Gasteiger partial charge in [-0.05, 0) is 13.3 Å². The van der Waals surface area contributed by atoms with Crippen LogP contribution in [0, 0.1) is 0 Å². The van der Waals surface area contributed by atoms with Crippen LogP contribution in [0.1, 0.15) is 30.6 Å². The second-order valence-corrected chi connectivity index (χ2v) is 3.88. The third kappa shape index (κ3) is 3.78. The van der Waals surface area contributed by atoms with Gasteiger partial charge in [-0.1, -0.05) is 6.92 Å². The lowest BCUT2D eigenvalue weighted by Gasteiger charge is -2.28. The topological polar surface area (TPSA) is 55.3 Å². The van der Waals surface area contributed by atoms with Gasteiger partial charge in [-0.3, -0.25) is 4.79 Å². The van der Waals surface area contributed by atoms with Gasteiger partial charge in [0.15, 0.2) is 6.29 Å². The Morgan fingerprint density at radius 2 is 2.12 bits per heavy atom. The highest BCUT2D eigenvalue weighted by atomic mass is 16.5. The van der Waals surface area contributed by atoms with Gasteiger partial charge < -0.3 is 9.64 Å². The van der Waals surface area contributed by atoms with E-state index in [4.69, 9.17) is 4.74 Å². The van der Waals surface area contributed by atoms with Crippen LogP contribution in [0.15, 0.2) is 12.4 Å². The molecule has 0 aliphatic carbocycles. The van der Waals surface area contributed by atoms with Crippen molar-refractivity contribution in [3.05, 3.63) is 18.0 Å². The maximum Gasteiger partial charge on any atom is 0.225 e. The van der Waals surface area contributed by atoms with E-state index in [-0.39, 0.29) is 0 Å². The van der Waals surface area contributed by atoms with Crippen LogP contribution in [0.3, 0.4) is 0 Å². The number of anilines is 1. The number of ether oxygens (including phenoxy) is 1. The molecule has 5 nitrogen and oxygen atoms in total. The monoisotopic (exact) mass is 237 g/mol. The quantitative estimate of drug-likeness (QED) is 0.673. The van der Waals surface area contributed by atoms with Gasteiger partial charge in [0, 0.05) is 32.1 Å². The van der Waals surface area contributed by atoms with Gasteiger partial charge in [0.1, 0.15) is 0 Å². The van der Waals surface area contributed by atoms with Crippen LogP contribution < -0.4 is 4.90 Å². The summed E-state index contributed by atoms with van der Waals surface area (Å²) in [5.74, 6) is 0.641. The molecule has 1 aromatic heterocycles. The van der Waals surface area contributed by atoms with Crippen LogP contribution in [-0.2, 0) is 4.74 Å². The van der Waals surface area contributed by atoms with Crippen LogP contribution >= 0.6 is 0 Å². The Kier molecular flexibility index (Phi) is 5.56. The smallest absolute Gasteiger partial charge is 0.225 e. The summed E-state index contributed by atoms with van der Waals surface area (Å²) in [6.45, 7) is 5.60. The number of carbonyl (C=O) groups excluding carboxylic acids is 1. The average Bonchev–Trinajstić information content (AvgIpc) is 2.39. The fraction of sp³-hybridized carbons (Fsp3) is 0.583. The van der Waals surface area contributed by atoms with Crippen LogP contribution in [0.5, 0.6) is 0 Å². The van der Waals surface area contributed by atoms with Crippen molar-refractivity contribution in [1.82, 2.24) is 9.97 Å². The maximum absolute atomic E-state index is 10.5. The van der Waals surface area contributed by atoms with Crippen molar-refractivity contribution >= 4 is 12.2 Å². The van der Waals surface area contributed by atoms with Gasteiger partial charge in [-0.15, -0.1) is 0 Å². The van der Waals surface area contributed by atoms with E-state index < -0.39 is 0 Å². The minimum Gasteiger partial charge on any atom is -0.383 e. The molecule has 1 aromatic rings. The molecule has 0 saturated carbocycles. The molecule has 0 spiro atoms. The minimum atomic E-state index is 0.340. The molecule has 1 heterocycles. The van der Waals surface area contributed by atoms with Crippen molar-refractivity contribution in [1.29, 1.82) is 0 Å². The molecule has 0 aliphatic rings. The van der Waals surface area contributed by atoms with Gasteiger partial charge in [-0.25, -0.2) is 9.97 Å². The van der Waals surface area contributed by atoms with E-state index in [9.17, 15) is 4.79 Å². The normalized spacial score (nSPS) is 12.2. The molecular weight excluding hydrogens is 218 g/mol. The molecule has 1 rings (SSSR count). The van der Waals surface area contributed by atoms with Crippen molar-refractivity contribution in [2.45, 2.75) is 26.3 Å². The summed E-state index contributed by atoms with van der Waals surface area (Å²) in [7, 11) is 1.67. The molecule has 0 saturated heterocycles. The van der Waals surface area contributed by atoms with E-state index in [1.54, 1.807) is 7.11 Å². The van der Waals surface area contributed by atoms with E-state index in [1.807, 2.05) is 0 Å². The first-order chi connectivity index (χ1) is 8.22. The second-order valence-electron chi connectivity index (χ2n) is 3.88. The SMILES string of the molecule is CCC(C)N(CCOC)c1ncc(C=O)cn1. The first kappa shape index (κ1) is 13.6. The van der Waals surface area contributed by atoms with E-state index >= 15 is 0 Å². The molecule has 1 unspecified atom stereocenters. The van der Waals surface area contributed by atoms with E-state index in [0.717, 1.165) is 19.3 Å². The molecule has 17 heavy (non-hydrogen) atoms. The third-order valence-corrected chi connectivity index (χ3v) is 2.71. The van der Waals surface area contributed by atoms with Gasteiger partial charge in [0.2, 0.25) is 5.95 Å². The van der Waals surface area contributed by atoms with Crippen molar-refractivity contribution in [2.24, 2.45) is 0 Å². The highest BCUT2D eigenvalue weighted by Gasteiger charge is 2.15. The lowest BCUT2D eigenvalue weighted by molar-refractivity contribution is 0.112. The number of rotatable bonds is 7. The molecule has 0 aromatic carbocycles. The van der Waals surface area contributed by atoms with Crippen LogP contribution in [-0.4, -0.2) is 42.6 Å². The molecule has 1 atom stereocenters. The van der Waals surface area contributed by atoms with E-state index in [1.165, 1.54) is 12.4 Å². The van der Waals surface area contributed by atoms with Crippen LogP contribution in [0.2, 0.25) is 0 Å². The molecule has 0 aliphatic heterocycles. The Balaban J connectivity index is 2.83. The summed E-state index contributed by atoms with van der Waals surface area (Å²) in [6.07, 6.45) is 4.82. The lowest BCUT2D eigenvalue weighted by atomic mass is 10.2. The Hall–Kier alpha value is -1.49. The molecule has 0 bridgehead atoms.